The molecule has 5 heteroatoms. The summed E-state index contributed by atoms with van der Waals surface area (Å²) in [5, 5.41) is 13.0. The van der Waals surface area contributed by atoms with Gasteiger partial charge in [0, 0.05) is 34.9 Å². The van der Waals surface area contributed by atoms with Crippen molar-refractivity contribution < 1.29 is 9.59 Å². The van der Waals surface area contributed by atoms with E-state index in [1.807, 2.05) is 12.1 Å². The van der Waals surface area contributed by atoms with E-state index in [1.54, 1.807) is 16.2 Å². The van der Waals surface area contributed by atoms with Crippen molar-refractivity contribution in [3.05, 3.63) is 75.3 Å². The third-order valence-corrected chi connectivity index (χ3v) is 8.60. The Balaban J connectivity index is 1.51. The lowest BCUT2D eigenvalue weighted by Gasteiger charge is -2.38. The van der Waals surface area contributed by atoms with Crippen molar-refractivity contribution >= 4 is 38.8 Å². The van der Waals surface area contributed by atoms with Crippen LogP contribution in [0, 0.1) is 11.3 Å². The summed E-state index contributed by atoms with van der Waals surface area (Å²) in [5.41, 5.74) is 4.41. The van der Waals surface area contributed by atoms with E-state index in [1.165, 1.54) is 4.88 Å². The van der Waals surface area contributed by atoms with E-state index in [2.05, 4.69) is 36.4 Å². The molecule has 6 rings (SSSR count). The van der Waals surface area contributed by atoms with E-state index >= 15 is 0 Å². The van der Waals surface area contributed by atoms with Crippen molar-refractivity contribution in [2.75, 3.05) is 4.90 Å². The van der Waals surface area contributed by atoms with Crippen LogP contribution < -0.4 is 4.90 Å². The van der Waals surface area contributed by atoms with Crippen LogP contribution in [0.25, 0.3) is 10.8 Å². The monoisotopic (exact) mass is 452 g/mol. The molecule has 1 amide bonds. The molecular formula is C28H24N2O2S. The maximum Gasteiger partial charge on any atom is 0.232 e. The van der Waals surface area contributed by atoms with Crippen molar-refractivity contribution in [3.63, 3.8) is 0 Å². The molecule has 2 heterocycles. The second-order valence-electron chi connectivity index (χ2n) is 9.23. The standard InChI is InChI=1S/C28H24N2O2S/c29-16-22-20-8-3-4-11-25(20)33-28(22)30-23-9-5-10-24(31)27(23)21(15-26(30)32)19-13-12-17-6-1-2-7-18(17)14-19/h1-2,6-7,12-14,21H,3-5,8-11,15H2. The average molecular weight is 453 g/mol. The predicted molar refractivity (Wildman–Crippen MR) is 130 cm³/mol. The number of amides is 1. The van der Waals surface area contributed by atoms with Gasteiger partial charge in [-0.3, -0.25) is 14.5 Å². The van der Waals surface area contributed by atoms with Crippen LogP contribution >= 0.6 is 11.3 Å². The fraction of sp³-hybridized carbons (Fsp3) is 0.321. The van der Waals surface area contributed by atoms with Crippen LogP contribution in [0.3, 0.4) is 0 Å². The quantitative estimate of drug-likeness (QED) is 0.466. The Hall–Kier alpha value is -3.23. The number of fused-ring (bicyclic) bond motifs is 2. The van der Waals surface area contributed by atoms with Crippen LogP contribution in [0.15, 0.2) is 53.7 Å². The van der Waals surface area contributed by atoms with Crippen LogP contribution in [0.5, 0.6) is 0 Å². The highest BCUT2D eigenvalue weighted by molar-refractivity contribution is 7.16. The Morgan fingerprint density at radius 2 is 1.76 bits per heavy atom. The van der Waals surface area contributed by atoms with Gasteiger partial charge in [-0.2, -0.15) is 5.26 Å². The molecule has 1 aromatic heterocycles. The molecule has 0 saturated heterocycles. The number of thiophene rings is 1. The first kappa shape index (κ1) is 20.4. The molecular weight excluding hydrogens is 428 g/mol. The molecule has 1 aliphatic heterocycles. The summed E-state index contributed by atoms with van der Waals surface area (Å²) in [7, 11) is 0. The minimum atomic E-state index is -0.221. The molecule has 3 aliphatic rings. The number of benzene rings is 2. The Labute approximate surface area is 197 Å². The number of carbonyl (C=O) groups is 2. The number of Topliss-reactive ketones (excluding diaryl/α,β-unsaturated/α-hetero) is 1. The Kier molecular flexibility index (Phi) is 4.92. The Morgan fingerprint density at radius 1 is 0.939 bits per heavy atom. The van der Waals surface area contributed by atoms with Crippen LogP contribution in [0.4, 0.5) is 5.00 Å². The molecule has 0 spiro atoms. The fourth-order valence-corrected chi connectivity index (χ4v) is 7.14. The van der Waals surface area contributed by atoms with E-state index in [0.717, 1.165) is 70.3 Å². The number of ketones is 1. The van der Waals surface area contributed by atoms with Crippen molar-refractivity contribution in [3.8, 4) is 6.07 Å². The molecule has 0 N–H and O–H groups in total. The number of nitriles is 1. The first-order valence-electron chi connectivity index (χ1n) is 11.8. The van der Waals surface area contributed by atoms with Gasteiger partial charge in [0.15, 0.2) is 5.78 Å². The third kappa shape index (κ3) is 3.24. The number of aryl methyl sites for hydroxylation is 1. The third-order valence-electron chi connectivity index (χ3n) is 7.32. The highest BCUT2D eigenvalue weighted by Crippen LogP contribution is 2.48. The summed E-state index contributed by atoms with van der Waals surface area (Å²) >= 11 is 1.59. The summed E-state index contributed by atoms with van der Waals surface area (Å²) in [5.74, 6) is -0.0790. The molecule has 33 heavy (non-hydrogen) atoms. The minimum absolute atomic E-state index is 0.00305. The van der Waals surface area contributed by atoms with E-state index < -0.39 is 0 Å². The van der Waals surface area contributed by atoms with Gasteiger partial charge in [0.05, 0.1) is 5.56 Å². The smallest absolute Gasteiger partial charge is 0.232 e. The highest BCUT2D eigenvalue weighted by Gasteiger charge is 2.41. The number of carbonyl (C=O) groups excluding carboxylic acids is 2. The van der Waals surface area contributed by atoms with Crippen molar-refractivity contribution in [2.24, 2.45) is 0 Å². The van der Waals surface area contributed by atoms with Crippen LogP contribution in [-0.4, -0.2) is 11.7 Å². The summed E-state index contributed by atoms with van der Waals surface area (Å²) in [6.45, 7) is 0. The lowest BCUT2D eigenvalue weighted by atomic mass is 9.77. The number of hydrogen-bond acceptors (Lipinski definition) is 4. The average Bonchev–Trinajstić information content (AvgIpc) is 3.21. The zero-order valence-corrected chi connectivity index (χ0v) is 19.2. The minimum Gasteiger partial charge on any atom is -0.294 e. The van der Waals surface area contributed by atoms with Gasteiger partial charge in [0.25, 0.3) is 0 Å². The molecule has 1 unspecified atom stereocenters. The maximum absolute atomic E-state index is 13.7. The number of rotatable bonds is 2. The summed E-state index contributed by atoms with van der Waals surface area (Å²) < 4.78 is 0. The van der Waals surface area contributed by atoms with Crippen LogP contribution in [0.1, 0.15) is 66.0 Å². The number of nitrogens with zero attached hydrogens (tertiary/aromatic N) is 2. The van der Waals surface area contributed by atoms with Crippen LogP contribution in [-0.2, 0) is 22.4 Å². The maximum atomic E-state index is 13.7. The zero-order chi connectivity index (χ0) is 22.5. The largest absolute Gasteiger partial charge is 0.294 e. The lowest BCUT2D eigenvalue weighted by Crippen LogP contribution is -2.40. The van der Waals surface area contributed by atoms with Gasteiger partial charge < -0.3 is 0 Å². The molecule has 0 bridgehead atoms. The van der Waals surface area contributed by atoms with E-state index in [0.29, 0.717) is 18.4 Å². The fourth-order valence-electron chi connectivity index (χ4n) is 5.76. The van der Waals surface area contributed by atoms with Gasteiger partial charge >= 0.3 is 0 Å². The first-order valence-corrected chi connectivity index (χ1v) is 12.6. The Bertz CT molecular complexity index is 1390. The Morgan fingerprint density at radius 3 is 2.61 bits per heavy atom. The lowest BCUT2D eigenvalue weighted by molar-refractivity contribution is -0.119. The van der Waals surface area contributed by atoms with E-state index in [-0.39, 0.29) is 24.0 Å². The second kappa shape index (κ2) is 7.97. The molecule has 0 fully saturated rings. The molecule has 4 nitrogen and oxygen atoms in total. The number of hydrogen-bond donors (Lipinski definition) is 0. The molecule has 0 radical (unpaired) electrons. The normalized spacial score (nSPS) is 20.6. The SMILES string of the molecule is N#Cc1c(N2C(=O)CC(c3ccc4ccccc4c3)C3=C2CCCC3=O)sc2c1CCCC2. The van der Waals surface area contributed by atoms with Crippen LogP contribution in [0.2, 0.25) is 0 Å². The summed E-state index contributed by atoms with van der Waals surface area (Å²) in [6.07, 6.45) is 6.32. The number of anilines is 1. The van der Waals surface area contributed by atoms with Crippen molar-refractivity contribution in [2.45, 2.75) is 57.3 Å². The van der Waals surface area contributed by atoms with Gasteiger partial charge in [-0.25, -0.2) is 0 Å². The van der Waals surface area contributed by atoms with E-state index in [9.17, 15) is 14.9 Å². The van der Waals surface area contributed by atoms with Gasteiger partial charge in [-0.15, -0.1) is 11.3 Å². The zero-order valence-electron chi connectivity index (χ0n) is 18.4. The first-order chi connectivity index (χ1) is 16.2. The van der Waals surface area contributed by atoms with Gasteiger partial charge in [-0.1, -0.05) is 42.5 Å². The van der Waals surface area contributed by atoms with Gasteiger partial charge in [0.1, 0.15) is 11.1 Å². The molecule has 164 valence electrons. The molecule has 0 saturated carbocycles. The topological polar surface area (TPSA) is 61.2 Å². The highest BCUT2D eigenvalue weighted by atomic mass is 32.1. The summed E-state index contributed by atoms with van der Waals surface area (Å²) in [6, 6.07) is 16.8. The van der Waals surface area contributed by atoms with E-state index in [4.69, 9.17) is 0 Å². The molecule has 2 aliphatic carbocycles. The predicted octanol–water partition coefficient (Wildman–Crippen LogP) is 6.18. The molecule has 3 aromatic rings. The molecule has 1 atom stereocenters. The number of allylic oxidation sites excluding steroid dienone is 2. The second-order valence-corrected chi connectivity index (χ2v) is 10.3. The van der Waals surface area contributed by atoms with Gasteiger partial charge in [-0.05, 0) is 60.4 Å². The molecule has 2 aromatic carbocycles. The summed E-state index contributed by atoms with van der Waals surface area (Å²) in [4.78, 5) is 29.9. The van der Waals surface area contributed by atoms with Gasteiger partial charge in [0.2, 0.25) is 5.91 Å². The van der Waals surface area contributed by atoms with Crippen molar-refractivity contribution in [1.82, 2.24) is 0 Å². The van der Waals surface area contributed by atoms with Crippen molar-refractivity contribution in [1.29, 1.82) is 5.26 Å².